The molecule has 0 aliphatic carbocycles. The normalized spacial score (nSPS) is 10.4. The van der Waals surface area contributed by atoms with Crippen molar-refractivity contribution in [1.29, 1.82) is 0 Å². The Morgan fingerprint density at radius 2 is 2.25 bits per heavy atom. The third-order valence-corrected chi connectivity index (χ3v) is 1.94. The van der Waals surface area contributed by atoms with Gasteiger partial charge in [-0.3, -0.25) is 0 Å². The molecule has 0 fully saturated rings. The van der Waals surface area contributed by atoms with Crippen molar-refractivity contribution in [2.24, 2.45) is 0 Å². The SMILES string of the molecule is O=C(O)C=Cc1cccc(I)c1. The van der Waals surface area contributed by atoms with Gasteiger partial charge in [-0.2, -0.15) is 0 Å². The molecular formula is C9H7IO2. The summed E-state index contributed by atoms with van der Waals surface area (Å²) in [4.78, 5) is 10.2. The second-order valence-corrected chi connectivity index (χ2v) is 3.47. The molecular weight excluding hydrogens is 267 g/mol. The van der Waals surface area contributed by atoms with Crippen molar-refractivity contribution in [2.75, 3.05) is 0 Å². The number of carboxylic acids is 1. The number of carbonyl (C=O) groups is 1. The predicted molar refractivity (Wildman–Crippen MR) is 55.8 cm³/mol. The van der Waals surface area contributed by atoms with Crippen molar-refractivity contribution in [3.05, 3.63) is 39.5 Å². The van der Waals surface area contributed by atoms with Gasteiger partial charge in [0.1, 0.15) is 0 Å². The number of halogens is 1. The van der Waals surface area contributed by atoms with Gasteiger partial charge in [0.05, 0.1) is 0 Å². The van der Waals surface area contributed by atoms with E-state index in [0.29, 0.717) is 0 Å². The van der Waals surface area contributed by atoms with Crippen molar-refractivity contribution in [2.45, 2.75) is 0 Å². The van der Waals surface area contributed by atoms with Gasteiger partial charge >= 0.3 is 5.97 Å². The fraction of sp³-hybridized carbons (Fsp3) is 0. The van der Waals surface area contributed by atoms with Crippen molar-refractivity contribution in [1.82, 2.24) is 0 Å². The molecule has 0 bridgehead atoms. The van der Waals surface area contributed by atoms with Gasteiger partial charge in [0.15, 0.2) is 0 Å². The van der Waals surface area contributed by atoms with Crippen molar-refractivity contribution < 1.29 is 9.90 Å². The van der Waals surface area contributed by atoms with E-state index >= 15 is 0 Å². The molecule has 0 spiro atoms. The molecule has 1 aromatic carbocycles. The molecule has 0 saturated carbocycles. The fourth-order valence-electron chi connectivity index (χ4n) is 0.778. The number of hydrogen-bond acceptors (Lipinski definition) is 1. The van der Waals surface area contributed by atoms with Crippen LogP contribution in [0, 0.1) is 3.57 Å². The van der Waals surface area contributed by atoms with Gasteiger partial charge in [-0.1, -0.05) is 12.1 Å². The van der Waals surface area contributed by atoms with E-state index in [1.807, 2.05) is 24.3 Å². The minimum absolute atomic E-state index is 0.907. The van der Waals surface area contributed by atoms with Crippen LogP contribution in [0.15, 0.2) is 30.3 Å². The molecule has 0 amide bonds. The summed E-state index contributed by atoms with van der Waals surface area (Å²) in [6, 6.07) is 7.63. The number of hydrogen-bond donors (Lipinski definition) is 1. The van der Waals surface area contributed by atoms with Gasteiger partial charge in [-0.15, -0.1) is 0 Å². The number of rotatable bonds is 2. The Hall–Kier alpha value is -0.840. The minimum atomic E-state index is -0.922. The molecule has 0 unspecified atom stereocenters. The highest BCUT2D eigenvalue weighted by atomic mass is 127. The first kappa shape index (κ1) is 9.25. The van der Waals surface area contributed by atoms with E-state index in [1.54, 1.807) is 6.08 Å². The van der Waals surface area contributed by atoms with Crippen molar-refractivity contribution >= 4 is 34.6 Å². The second kappa shape index (κ2) is 4.25. The fourth-order valence-corrected chi connectivity index (χ4v) is 1.34. The van der Waals surface area contributed by atoms with Gasteiger partial charge < -0.3 is 5.11 Å². The summed E-state index contributed by atoms with van der Waals surface area (Å²) in [6.07, 6.45) is 2.70. The van der Waals surface area contributed by atoms with E-state index in [-0.39, 0.29) is 0 Å². The van der Waals surface area contributed by atoms with Crippen LogP contribution in [0.1, 0.15) is 5.56 Å². The molecule has 62 valence electrons. The monoisotopic (exact) mass is 274 g/mol. The molecule has 0 aliphatic rings. The van der Waals surface area contributed by atoms with E-state index in [2.05, 4.69) is 22.6 Å². The Morgan fingerprint density at radius 1 is 1.50 bits per heavy atom. The maximum atomic E-state index is 10.2. The third kappa shape index (κ3) is 3.04. The Morgan fingerprint density at radius 3 is 2.83 bits per heavy atom. The second-order valence-electron chi connectivity index (χ2n) is 2.23. The Bertz CT molecular complexity index is 318. The topological polar surface area (TPSA) is 37.3 Å². The lowest BCUT2D eigenvalue weighted by Gasteiger charge is -1.92. The van der Waals surface area contributed by atoms with E-state index in [9.17, 15) is 4.79 Å². The molecule has 1 rings (SSSR count). The lowest BCUT2D eigenvalue weighted by molar-refractivity contribution is -0.131. The van der Waals surface area contributed by atoms with Gasteiger partial charge in [-0.05, 0) is 46.4 Å². The summed E-state index contributed by atoms with van der Waals surface area (Å²) in [5.74, 6) is -0.922. The molecule has 0 aromatic heterocycles. The molecule has 2 nitrogen and oxygen atoms in total. The molecule has 3 heteroatoms. The highest BCUT2D eigenvalue weighted by Gasteiger charge is 1.89. The summed E-state index contributed by atoms with van der Waals surface area (Å²) in [5.41, 5.74) is 0.907. The Labute approximate surface area is 84.1 Å². The average molecular weight is 274 g/mol. The van der Waals surface area contributed by atoms with Crippen LogP contribution in [0.25, 0.3) is 6.08 Å². The van der Waals surface area contributed by atoms with Crippen LogP contribution in [-0.2, 0) is 4.79 Å². The van der Waals surface area contributed by atoms with Gasteiger partial charge in [0.25, 0.3) is 0 Å². The third-order valence-electron chi connectivity index (χ3n) is 1.27. The zero-order valence-corrected chi connectivity index (χ0v) is 8.36. The van der Waals surface area contributed by atoms with Crippen LogP contribution in [0.4, 0.5) is 0 Å². The molecule has 1 aromatic rings. The first-order chi connectivity index (χ1) is 5.68. The summed E-state index contributed by atoms with van der Waals surface area (Å²) in [5, 5.41) is 8.36. The minimum Gasteiger partial charge on any atom is -0.478 e. The predicted octanol–water partition coefficient (Wildman–Crippen LogP) is 2.39. The summed E-state index contributed by atoms with van der Waals surface area (Å²) in [6.45, 7) is 0. The standard InChI is InChI=1S/C9H7IO2/c10-8-3-1-2-7(6-8)4-5-9(11)12/h1-6H,(H,11,12). The zero-order valence-electron chi connectivity index (χ0n) is 6.20. The van der Waals surface area contributed by atoms with Crippen LogP contribution in [0.3, 0.4) is 0 Å². The number of carboxylic acid groups (broad SMARTS) is 1. The maximum absolute atomic E-state index is 10.2. The molecule has 12 heavy (non-hydrogen) atoms. The first-order valence-corrected chi connectivity index (χ1v) is 4.43. The van der Waals surface area contributed by atoms with E-state index in [1.165, 1.54) is 0 Å². The van der Waals surface area contributed by atoms with E-state index in [4.69, 9.17) is 5.11 Å². The lowest BCUT2D eigenvalue weighted by Crippen LogP contribution is -1.85. The largest absolute Gasteiger partial charge is 0.478 e. The van der Waals surface area contributed by atoms with Gasteiger partial charge in [0.2, 0.25) is 0 Å². The summed E-state index contributed by atoms with van der Waals surface area (Å²) >= 11 is 2.18. The Kier molecular flexibility index (Phi) is 3.28. The van der Waals surface area contributed by atoms with Crippen molar-refractivity contribution in [3.63, 3.8) is 0 Å². The zero-order chi connectivity index (χ0) is 8.97. The van der Waals surface area contributed by atoms with Crippen LogP contribution in [-0.4, -0.2) is 11.1 Å². The van der Waals surface area contributed by atoms with E-state index in [0.717, 1.165) is 15.2 Å². The quantitative estimate of drug-likeness (QED) is 0.664. The van der Waals surface area contributed by atoms with Gasteiger partial charge in [0, 0.05) is 9.65 Å². The highest BCUT2D eigenvalue weighted by Crippen LogP contribution is 2.08. The first-order valence-electron chi connectivity index (χ1n) is 3.35. The average Bonchev–Trinajstić information content (AvgIpc) is 2.01. The molecule has 0 heterocycles. The van der Waals surface area contributed by atoms with Crippen LogP contribution < -0.4 is 0 Å². The molecule has 0 aliphatic heterocycles. The maximum Gasteiger partial charge on any atom is 0.328 e. The molecule has 0 saturated heterocycles. The Balaban J connectivity index is 2.83. The van der Waals surface area contributed by atoms with Crippen LogP contribution in [0.2, 0.25) is 0 Å². The highest BCUT2D eigenvalue weighted by molar-refractivity contribution is 14.1. The molecule has 0 atom stereocenters. The van der Waals surface area contributed by atoms with Crippen molar-refractivity contribution in [3.8, 4) is 0 Å². The molecule has 0 radical (unpaired) electrons. The van der Waals surface area contributed by atoms with Crippen LogP contribution in [0.5, 0.6) is 0 Å². The molecule has 1 N–H and O–H groups in total. The number of aliphatic carboxylic acids is 1. The smallest absolute Gasteiger partial charge is 0.328 e. The lowest BCUT2D eigenvalue weighted by atomic mass is 10.2. The summed E-state index contributed by atoms with van der Waals surface area (Å²) < 4.78 is 1.10. The van der Waals surface area contributed by atoms with E-state index < -0.39 is 5.97 Å². The van der Waals surface area contributed by atoms with Crippen LogP contribution >= 0.6 is 22.6 Å². The van der Waals surface area contributed by atoms with Gasteiger partial charge in [-0.25, -0.2) is 4.79 Å². The summed E-state index contributed by atoms with van der Waals surface area (Å²) in [7, 11) is 0. The number of benzene rings is 1.